The number of nitrogens with zero attached hydrogens (tertiary/aromatic N) is 2. The minimum atomic E-state index is -0.474. The first-order valence-electron chi connectivity index (χ1n) is 4.33. The molecule has 6 heteroatoms. The summed E-state index contributed by atoms with van der Waals surface area (Å²) in [4.78, 5) is 44.9. The summed E-state index contributed by atoms with van der Waals surface area (Å²) in [6.07, 6.45) is 0.317. The Morgan fingerprint density at radius 2 is 0.786 bits per heavy atom. The van der Waals surface area contributed by atoms with Gasteiger partial charge < -0.3 is 0 Å². The van der Waals surface area contributed by atoms with Crippen molar-refractivity contribution in [2.75, 3.05) is 0 Å². The van der Waals surface area contributed by atoms with Gasteiger partial charge in [-0.05, 0) is 0 Å². The van der Waals surface area contributed by atoms with Crippen molar-refractivity contribution in [1.82, 2.24) is 10.0 Å². The monoisotopic (exact) mass is 196 g/mol. The molecule has 2 saturated heterocycles. The molecule has 2 fully saturated rings. The van der Waals surface area contributed by atoms with Crippen LogP contribution in [0.4, 0.5) is 0 Å². The average Bonchev–Trinajstić information content (AvgIpc) is 2.60. The van der Waals surface area contributed by atoms with Crippen LogP contribution in [0.15, 0.2) is 0 Å². The first-order chi connectivity index (χ1) is 6.61. The predicted molar refractivity (Wildman–Crippen MR) is 42.2 cm³/mol. The minimum Gasteiger partial charge on any atom is -0.272 e. The maximum atomic E-state index is 11.2. The highest BCUT2D eigenvalue weighted by Gasteiger charge is 2.42. The molecule has 4 amide bonds. The molecule has 6 nitrogen and oxygen atoms in total. The van der Waals surface area contributed by atoms with Crippen LogP contribution in [0.2, 0.25) is 0 Å². The van der Waals surface area contributed by atoms with Crippen molar-refractivity contribution in [2.24, 2.45) is 0 Å². The molecule has 14 heavy (non-hydrogen) atoms. The standard InChI is InChI=1S/C8H8N2O4/c11-5-1-2-6(12)9(5)10-7(13)3-4-8(10)14/h1-4H2. The topological polar surface area (TPSA) is 74.8 Å². The molecule has 0 spiro atoms. The smallest absolute Gasteiger partial charge is 0.249 e. The number of hydrogen-bond donors (Lipinski definition) is 0. The van der Waals surface area contributed by atoms with Gasteiger partial charge in [-0.15, -0.1) is 0 Å². The number of amides is 4. The quantitative estimate of drug-likeness (QED) is 0.514. The molecule has 74 valence electrons. The normalized spacial score (nSPS) is 22.9. The Morgan fingerprint density at radius 1 is 0.571 bits per heavy atom. The fourth-order valence-corrected chi connectivity index (χ4v) is 1.58. The fourth-order valence-electron chi connectivity index (χ4n) is 1.58. The fraction of sp³-hybridized carbons (Fsp3) is 0.500. The van der Waals surface area contributed by atoms with Crippen LogP contribution in [0.5, 0.6) is 0 Å². The molecule has 0 aromatic heterocycles. The first-order valence-corrected chi connectivity index (χ1v) is 4.33. The van der Waals surface area contributed by atoms with Crippen LogP contribution in [0.3, 0.4) is 0 Å². The summed E-state index contributed by atoms with van der Waals surface area (Å²) in [5, 5.41) is 1.36. The van der Waals surface area contributed by atoms with Gasteiger partial charge in [-0.3, -0.25) is 19.2 Å². The van der Waals surface area contributed by atoms with Crippen molar-refractivity contribution >= 4 is 23.6 Å². The highest BCUT2D eigenvalue weighted by molar-refractivity contribution is 6.10. The number of rotatable bonds is 1. The second-order valence-corrected chi connectivity index (χ2v) is 3.20. The molecule has 2 heterocycles. The zero-order chi connectivity index (χ0) is 10.3. The first kappa shape index (κ1) is 8.86. The van der Waals surface area contributed by atoms with Gasteiger partial charge in [-0.25, -0.2) is 0 Å². The van der Waals surface area contributed by atoms with Gasteiger partial charge in [0.2, 0.25) is 23.6 Å². The summed E-state index contributed by atoms with van der Waals surface area (Å²) < 4.78 is 0. The van der Waals surface area contributed by atoms with Gasteiger partial charge in [0, 0.05) is 25.7 Å². The molecule has 0 unspecified atom stereocenters. The van der Waals surface area contributed by atoms with Crippen LogP contribution < -0.4 is 0 Å². The van der Waals surface area contributed by atoms with Gasteiger partial charge in [0.1, 0.15) is 0 Å². The Hall–Kier alpha value is -1.72. The van der Waals surface area contributed by atoms with Crippen molar-refractivity contribution in [1.29, 1.82) is 0 Å². The van der Waals surface area contributed by atoms with Gasteiger partial charge in [0.25, 0.3) is 0 Å². The lowest BCUT2D eigenvalue weighted by atomic mass is 10.4. The second kappa shape index (κ2) is 2.90. The molecule has 0 saturated carbocycles. The Labute approximate surface area is 79.4 Å². The van der Waals surface area contributed by atoms with Gasteiger partial charge in [0.15, 0.2) is 0 Å². The molecular formula is C8H8N2O4. The number of imide groups is 2. The van der Waals surface area contributed by atoms with E-state index in [1.807, 2.05) is 0 Å². The number of hydrazine groups is 1. The van der Waals surface area contributed by atoms with E-state index >= 15 is 0 Å². The Bertz CT molecular complexity index is 283. The molecule has 2 aliphatic rings. The Kier molecular flexibility index (Phi) is 1.83. The summed E-state index contributed by atoms with van der Waals surface area (Å²) in [6, 6.07) is 0. The van der Waals surface area contributed by atoms with Crippen molar-refractivity contribution < 1.29 is 19.2 Å². The third-order valence-electron chi connectivity index (χ3n) is 2.25. The molecule has 0 N–H and O–H groups in total. The van der Waals surface area contributed by atoms with Gasteiger partial charge in [0.05, 0.1) is 0 Å². The lowest BCUT2D eigenvalue weighted by molar-refractivity contribution is -0.171. The Morgan fingerprint density at radius 3 is 1.00 bits per heavy atom. The van der Waals surface area contributed by atoms with Gasteiger partial charge in [-0.2, -0.15) is 10.0 Å². The average molecular weight is 196 g/mol. The highest BCUT2D eigenvalue weighted by atomic mass is 16.2. The van der Waals surface area contributed by atoms with E-state index in [1.165, 1.54) is 0 Å². The van der Waals surface area contributed by atoms with Crippen molar-refractivity contribution in [2.45, 2.75) is 25.7 Å². The molecule has 0 radical (unpaired) electrons. The van der Waals surface area contributed by atoms with Crippen LogP contribution in [0.1, 0.15) is 25.7 Å². The van der Waals surface area contributed by atoms with Crippen LogP contribution in [-0.2, 0) is 19.2 Å². The molecule has 0 aliphatic carbocycles. The minimum absolute atomic E-state index is 0.0793. The highest BCUT2D eigenvalue weighted by Crippen LogP contribution is 2.21. The molecule has 2 aliphatic heterocycles. The summed E-state index contributed by atoms with van der Waals surface area (Å²) in [7, 11) is 0. The summed E-state index contributed by atoms with van der Waals surface area (Å²) in [6.45, 7) is 0. The zero-order valence-corrected chi connectivity index (χ0v) is 7.36. The van der Waals surface area contributed by atoms with E-state index < -0.39 is 23.6 Å². The molecule has 0 aromatic carbocycles. The maximum Gasteiger partial charge on any atom is 0.249 e. The van der Waals surface area contributed by atoms with Gasteiger partial charge >= 0.3 is 0 Å². The number of carbonyl (C=O) groups excluding carboxylic acids is 4. The van der Waals surface area contributed by atoms with Crippen LogP contribution >= 0.6 is 0 Å². The third kappa shape index (κ3) is 1.11. The lowest BCUT2D eigenvalue weighted by Gasteiger charge is -2.22. The predicted octanol–water partition coefficient (Wildman–Crippen LogP) is -0.801. The molecule has 0 atom stereocenters. The summed E-state index contributed by atoms with van der Waals surface area (Å²) >= 11 is 0. The number of carbonyl (C=O) groups is 4. The summed E-state index contributed by atoms with van der Waals surface area (Å²) in [5.41, 5.74) is 0. The van der Waals surface area contributed by atoms with E-state index in [0.717, 1.165) is 0 Å². The third-order valence-corrected chi connectivity index (χ3v) is 2.25. The zero-order valence-electron chi connectivity index (χ0n) is 7.36. The molecular weight excluding hydrogens is 188 g/mol. The van der Waals surface area contributed by atoms with Crippen LogP contribution in [-0.4, -0.2) is 33.6 Å². The SMILES string of the molecule is O=C1CCC(=O)N1N1C(=O)CCC1=O. The van der Waals surface area contributed by atoms with E-state index in [1.54, 1.807) is 0 Å². The Balaban J connectivity index is 2.29. The van der Waals surface area contributed by atoms with Crippen molar-refractivity contribution in [3.63, 3.8) is 0 Å². The largest absolute Gasteiger partial charge is 0.272 e. The van der Waals surface area contributed by atoms with Crippen LogP contribution in [0, 0.1) is 0 Å². The van der Waals surface area contributed by atoms with Crippen molar-refractivity contribution in [3.05, 3.63) is 0 Å². The molecule has 2 rings (SSSR count). The second-order valence-electron chi connectivity index (χ2n) is 3.20. The molecule has 0 aromatic rings. The lowest BCUT2D eigenvalue weighted by Crippen LogP contribution is -2.48. The van der Waals surface area contributed by atoms with E-state index in [4.69, 9.17) is 0 Å². The molecule has 0 bridgehead atoms. The van der Waals surface area contributed by atoms with E-state index in [-0.39, 0.29) is 25.7 Å². The maximum absolute atomic E-state index is 11.2. The number of hydrogen-bond acceptors (Lipinski definition) is 4. The van der Waals surface area contributed by atoms with E-state index in [2.05, 4.69) is 0 Å². The van der Waals surface area contributed by atoms with E-state index in [0.29, 0.717) is 10.0 Å². The van der Waals surface area contributed by atoms with Gasteiger partial charge in [-0.1, -0.05) is 0 Å². The van der Waals surface area contributed by atoms with Crippen LogP contribution in [0.25, 0.3) is 0 Å². The van der Waals surface area contributed by atoms with E-state index in [9.17, 15) is 19.2 Å². The van der Waals surface area contributed by atoms with Crippen molar-refractivity contribution in [3.8, 4) is 0 Å². The summed E-state index contributed by atoms with van der Waals surface area (Å²) in [5.74, 6) is -1.89.